The Kier molecular flexibility index (Phi) is 10.8. The summed E-state index contributed by atoms with van der Waals surface area (Å²) in [6, 6.07) is 23.1. The SMILES string of the molecule is CC(C)(C)OC(=O)N[C@H]1c2ccccc2C[C@H]1OCC#Cc1cccc(C#CCO[C@@H]2Cc3ccccc3[C@@H]2NC(=O)OC(C)(C)C)c1. The first-order valence-electron chi connectivity index (χ1n) is 16.3. The Morgan fingerprint density at radius 2 is 1.06 bits per heavy atom. The number of nitrogens with one attached hydrogen (secondary N) is 2. The number of hydrogen-bond acceptors (Lipinski definition) is 6. The minimum Gasteiger partial charge on any atom is -0.444 e. The number of ether oxygens (including phenoxy) is 4. The number of amides is 2. The van der Waals surface area contributed by atoms with Gasteiger partial charge in [0, 0.05) is 24.0 Å². The third kappa shape index (κ3) is 9.64. The van der Waals surface area contributed by atoms with E-state index in [1.807, 2.05) is 102 Å². The largest absolute Gasteiger partial charge is 0.444 e. The van der Waals surface area contributed by atoms with Crippen LogP contribution in [0, 0.1) is 23.7 Å². The summed E-state index contributed by atoms with van der Waals surface area (Å²) in [4.78, 5) is 25.1. The van der Waals surface area contributed by atoms with Gasteiger partial charge in [-0.25, -0.2) is 9.59 Å². The average molecular weight is 649 g/mol. The van der Waals surface area contributed by atoms with Crippen LogP contribution in [0.2, 0.25) is 0 Å². The molecule has 3 aromatic rings. The molecule has 0 aliphatic heterocycles. The van der Waals surface area contributed by atoms with Gasteiger partial charge in [0.15, 0.2) is 0 Å². The molecular formula is C40H44N2O6. The van der Waals surface area contributed by atoms with Gasteiger partial charge < -0.3 is 29.6 Å². The van der Waals surface area contributed by atoms with Gasteiger partial charge in [0.1, 0.15) is 24.4 Å². The molecule has 48 heavy (non-hydrogen) atoms. The van der Waals surface area contributed by atoms with Crippen LogP contribution in [0.3, 0.4) is 0 Å². The van der Waals surface area contributed by atoms with Crippen molar-refractivity contribution in [1.82, 2.24) is 10.6 Å². The Balaban J connectivity index is 1.15. The van der Waals surface area contributed by atoms with E-state index in [-0.39, 0.29) is 37.5 Å². The second kappa shape index (κ2) is 15.0. The van der Waals surface area contributed by atoms with Gasteiger partial charge in [-0.1, -0.05) is 78.3 Å². The molecule has 0 fully saturated rings. The molecule has 0 radical (unpaired) electrons. The van der Waals surface area contributed by atoms with Crippen LogP contribution in [0.25, 0.3) is 0 Å². The van der Waals surface area contributed by atoms with Crippen LogP contribution in [-0.2, 0) is 31.8 Å². The van der Waals surface area contributed by atoms with Gasteiger partial charge in [0.25, 0.3) is 0 Å². The molecule has 0 saturated carbocycles. The third-order valence-electron chi connectivity index (χ3n) is 7.78. The molecule has 2 aliphatic carbocycles. The molecule has 5 rings (SSSR count). The number of fused-ring (bicyclic) bond motifs is 2. The van der Waals surface area contributed by atoms with Crippen LogP contribution in [0.1, 0.15) is 87.0 Å². The molecule has 8 heteroatoms. The standard InChI is InChI=1S/C40H44N2O6/c1-39(2,3)47-37(43)41-35-31-20-9-7-18-29(31)25-33(35)45-22-12-16-27-14-11-15-28(24-27)17-13-23-46-34-26-30-19-8-10-21-32(30)36(34)42-38(44)48-40(4,5)6/h7-11,14-15,18-21,24,33-36H,22-23,25-26H2,1-6H3,(H,41,43)(H,42,44)/t33-,34-,35+,36+/m1/s1. The molecule has 0 saturated heterocycles. The van der Waals surface area contributed by atoms with Crippen LogP contribution in [-0.4, -0.2) is 48.8 Å². The lowest BCUT2D eigenvalue weighted by molar-refractivity contribution is 0.0300. The Labute approximate surface area is 283 Å². The summed E-state index contributed by atoms with van der Waals surface area (Å²) in [6.45, 7) is 11.4. The van der Waals surface area contributed by atoms with Gasteiger partial charge in [0.2, 0.25) is 0 Å². The van der Waals surface area contributed by atoms with Crippen LogP contribution in [0.5, 0.6) is 0 Å². The van der Waals surface area contributed by atoms with Crippen LogP contribution < -0.4 is 10.6 Å². The van der Waals surface area contributed by atoms with E-state index in [0.717, 1.165) is 33.4 Å². The van der Waals surface area contributed by atoms with E-state index in [1.165, 1.54) is 0 Å². The molecule has 0 spiro atoms. The topological polar surface area (TPSA) is 95.1 Å². The summed E-state index contributed by atoms with van der Waals surface area (Å²) in [6.07, 6.45) is -0.108. The van der Waals surface area contributed by atoms with Crippen LogP contribution in [0.15, 0.2) is 72.8 Å². The number of alkyl carbamates (subject to hydrolysis) is 2. The predicted octanol–water partition coefficient (Wildman–Crippen LogP) is 6.80. The highest BCUT2D eigenvalue weighted by atomic mass is 16.6. The van der Waals surface area contributed by atoms with Crippen LogP contribution in [0.4, 0.5) is 9.59 Å². The summed E-state index contributed by atoms with van der Waals surface area (Å²) < 4.78 is 23.3. The summed E-state index contributed by atoms with van der Waals surface area (Å²) in [5, 5.41) is 5.98. The minimum atomic E-state index is -0.595. The maximum absolute atomic E-state index is 12.6. The van der Waals surface area contributed by atoms with Crippen molar-refractivity contribution in [2.75, 3.05) is 13.2 Å². The number of carbonyl (C=O) groups is 2. The Morgan fingerprint density at radius 3 is 1.48 bits per heavy atom. The number of rotatable bonds is 6. The summed E-state index contributed by atoms with van der Waals surface area (Å²) in [5.41, 5.74) is 4.78. The first-order chi connectivity index (χ1) is 22.8. The van der Waals surface area contributed by atoms with Crippen molar-refractivity contribution in [3.63, 3.8) is 0 Å². The Hall–Kier alpha value is -4.76. The fraction of sp³-hybridized carbons (Fsp3) is 0.400. The van der Waals surface area contributed by atoms with Gasteiger partial charge >= 0.3 is 12.2 Å². The van der Waals surface area contributed by atoms with Gasteiger partial charge in [-0.05, 0) is 82.0 Å². The molecular weight excluding hydrogens is 604 g/mol. The maximum Gasteiger partial charge on any atom is 0.408 e. The Bertz CT molecular complexity index is 1620. The van der Waals surface area contributed by atoms with Gasteiger partial charge in [-0.3, -0.25) is 0 Å². The zero-order valence-electron chi connectivity index (χ0n) is 28.5. The highest BCUT2D eigenvalue weighted by molar-refractivity contribution is 5.69. The number of hydrogen-bond donors (Lipinski definition) is 2. The number of benzene rings is 3. The second-order valence-corrected chi connectivity index (χ2v) is 13.9. The molecule has 4 atom stereocenters. The van der Waals surface area contributed by atoms with E-state index in [1.54, 1.807) is 0 Å². The minimum absolute atomic E-state index is 0.206. The van der Waals surface area contributed by atoms with Crippen molar-refractivity contribution in [2.45, 2.75) is 89.9 Å². The van der Waals surface area contributed by atoms with Crippen molar-refractivity contribution in [3.8, 4) is 23.7 Å². The lowest BCUT2D eigenvalue weighted by atomic mass is 10.1. The fourth-order valence-corrected chi connectivity index (χ4v) is 5.89. The van der Waals surface area contributed by atoms with E-state index >= 15 is 0 Å². The van der Waals surface area contributed by atoms with Crippen molar-refractivity contribution in [2.24, 2.45) is 0 Å². The van der Waals surface area contributed by atoms with Crippen LogP contribution >= 0.6 is 0 Å². The summed E-state index contributed by atoms with van der Waals surface area (Å²) >= 11 is 0. The van der Waals surface area contributed by atoms with E-state index in [2.05, 4.69) is 46.4 Å². The molecule has 8 nitrogen and oxygen atoms in total. The first-order valence-corrected chi connectivity index (χ1v) is 16.3. The van der Waals surface area contributed by atoms with Crippen molar-refractivity contribution < 1.29 is 28.5 Å². The lowest BCUT2D eigenvalue weighted by Gasteiger charge is -2.25. The first kappa shape index (κ1) is 34.6. The number of carbonyl (C=O) groups excluding carboxylic acids is 2. The zero-order chi connectivity index (χ0) is 34.3. The molecule has 250 valence electrons. The van der Waals surface area contributed by atoms with Crippen molar-refractivity contribution >= 4 is 12.2 Å². The van der Waals surface area contributed by atoms with Crippen molar-refractivity contribution in [1.29, 1.82) is 0 Å². The average Bonchev–Trinajstić information content (AvgIpc) is 3.53. The molecule has 2 aliphatic rings. The predicted molar refractivity (Wildman–Crippen MR) is 184 cm³/mol. The highest BCUT2D eigenvalue weighted by Crippen LogP contribution is 2.34. The molecule has 0 unspecified atom stereocenters. The quantitative estimate of drug-likeness (QED) is 0.286. The maximum atomic E-state index is 12.6. The third-order valence-corrected chi connectivity index (χ3v) is 7.78. The Morgan fingerprint density at radius 1 is 0.646 bits per heavy atom. The molecule has 0 bridgehead atoms. The molecule has 3 aromatic carbocycles. The van der Waals surface area contributed by atoms with E-state index in [9.17, 15) is 9.59 Å². The summed E-state index contributed by atoms with van der Waals surface area (Å²) in [5.74, 6) is 12.5. The van der Waals surface area contributed by atoms with Gasteiger partial charge in [-0.2, -0.15) is 0 Å². The second-order valence-electron chi connectivity index (χ2n) is 13.9. The monoisotopic (exact) mass is 648 g/mol. The van der Waals surface area contributed by atoms with Gasteiger partial charge in [0.05, 0.1) is 24.3 Å². The van der Waals surface area contributed by atoms with E-state index in [0.29, 0.717) is 12.8 Å². The molecule has 2 amide bonds. The van der Waals surface area contributed by atoms with Gasteiger partial charge in [-0.15, -0.1) is 0 Å². The summed E-state index contributed by atoms with van der Waals surface area (Å²) in [7, 11) is 0. The molecule has 2 N–H and O–H groups in total. The zero-order valence-corrected chi connectivity index (χ0v) is 28.5. The molecule has 0 heterocycles. The lowest BCUT2D eigenvalue weighted by Crippen LogP contribution is -2.39. The fourth-order valence-electron chi connectivity index (χ4n) is 5.89. The van der Waals surface area contributed by atoms with Crippen molar-refractivity contribution in [3.05, 3.63) is 106 Å². The highest BCUT2D eigenvalue weighted by Gasteiger charge is 2.36. The van der Waals surface area contributed by atoms with E-state index in [4.69, 9.17) is 18.9 Å². The normalized spacial score (nSPS) is 19.5. The molecule has 0 aromatic heterocycles. The van der Waals surface area contributed by atoms with E-state index < -0.39 is 23.4 Å². The smallest absolute Gasteiger partial charge is 0.408 e.